The van der Waals surface area contributed by atoms with Gasteiger partial charge < -0.3 is 14.8 Å². The first-order valence-corrected chi connectivity index (χ1v) is 12.0. The lowest BCUT2D eigenvalue weighted by Gasteiger charge is -2.30. The number of nitrogens with zero attached hydrogens (tertiary/aromatic N) is 1. The fraction of sp³-hybridized carbons (Fsp3) is 0.481. The number of benzene rings is 2. The van der Waals surface area contributed by atoms with Crippen LogP contribution in [0.4, 0.5) is 18.0 Å². The van der Waals surface area contributed by atoms with E-state index in [9.17, 15) is 22.8 Å². The van der Waals surface area contributed by atoms with Crippen LogP contribution in [0.25, 0.3) is 11.1 Å². The van der Waals surface area contributed by atoms with E-state index < -0.39 is 24.1 Å². The maximum Gasteiger partial charge on any atom is 0.573 e. The highest BCUT2D eigenvalue weighted by atomic mass is 19.4. The predicted molar refractivity (Wildman–Crippen MR) is 133 cm³/mol. The highest BCUT2D eigenvalue weighted by molar-refractivity contribution is 5.85. The topological polar surface area (TPSA) is 67.9 Å². The van der Waals surface area contributed by atoms with Crippen molar-refractivity contribution in [3.63, 3.8) is 0 Å². The summed E-state index contributed by atoms with van der Waals surface area (Å²) in [5.74, 6) is -0.497. The third-order valence-electron chi connectivity index (χ3n) is 5.37. The average molecular weight is 509 g/mol. The van der Waals surface area contributed by atoms with Gasteiger partial charge in [-0.25, -0.2) is 4.79 Å². The molecule has 0 bridgehead atoms. The summed E-state index contributed by atoms with van der Waals surface area (Å²) in [6, 6.07) is 12.6. The van der Waals surface area contributed by atoms with Crippen LogP contribution in [0.5, 0.6) is 5.75 Å². The second-order valence-electron chi connectivity index (χ2n) is 9.56. The molecule has 2 rings (SSSR count). The normalized spacial score (nSPS) is 12.6. The zero-order valence-corrected chi connectivity index (χ0v) is 21.4. The van der Waals surface area contributed by atoms with Crippen LogP contribution in [0.15, 0.2) is 48.5 Å². The first-order valence-electron chi connectivity index (χ1n) is 12.0. The number of hydrogen-bond donors (Lipinski definition) is 1. The summed E-state index contributed by atoms with van der Waals surface area (Å²) in [5.41, 5.74) is 1.94. The summed E-state index contributed by atoms with van der Waals surface area (Å²) in [7, 11) is 1.58. The Morgan fingerprint density at radius 2 is 1.53 bits per heavy atom. The zero-order valence-electron chi connectivity index (χ0n) is 21.4. The molecule has 0 aromatic heterocycles. The van der Waals surface area contributed by atoms with Crippen molar-refractivity contribution in [3.8, 4) is 16.9 Å². The van der Waals surface area contributed by atoms with Crippen LogP contribution >= 0.6 is 0 Å². The number of unbranched alkanes of at least 4 members (excludes halogenated alkanes) is 1. The maximum absolute atomic E-state index is 12.9. The fourth-order valence-electron chi connectivity index (χ4n) is 3.52. The smallest absolute Gasteiger partial charge is 0.444 e. The van der Waals surface area contributed by atoms with Crippen molar-refractivity contribution < 1.29 is 32.2 Å². The van der Waals surface area contributed by atoms with E-state index in [0.29, 0.717) is 19.4 Å². The highest BCUT2D eigenvalue weighted by Crippen LogP contribution is 2.26. The van der Waals surface area contributed by atoms with Crippen molar-refractivity contribution in [2.45, 2.75) is 71.4 Å². The van der Waals surface area contributed by atoms with Crippen molar-refractivity contribution >= 4 is 12.0 Å². The molecule has 9 heteroatoms. The van der Waals surface area contributed by atoms with E-state index in [1.54, 1.807) is 40.0 Å². The number of carbonyl (C=O) groups excluding carboxylic acids is 2. The number of rotatable bonds is 10. The number of ether oxygens (including phenoxy) is 2. The minimum absolute atomic E-state index is 0.227. The Kier molecular flexibility index (Phi) is 10.2. The zero-order chi connectivity index (χ0) is 26.9. The van der Waals surface area contributed by atoms with E-state index >= 15 is 0 Å². The molecule has 0 fully saturated rings. The summed E-state index contributed by atoms with van der Waals surface area (Å²) in [6.45, 7) is 7.76. The number of halogens is 3. The van der Waals surface area contributed by atoms with Crippen LogP contribution in [-0.4, -0.2) is 48.5 Å². The SMILES string of the molecule is CCCCC(C(=O)NCCc1ccc(-c2ccc(OC(F)(F)F)cc2)cc1)N(C)C(=O)OC(C)(C)C. The summed E-state index contributed by atoms with van der Waals surface area (Å²) in [6.07, 6.45) is -2.43. The third-order valence-corrected chi connectivity index (χ3v) is 5.37. The van der Waals surface area contributed by atoms with E-state index in [-0.39, 0.29) is 11.7 Å². The van der Waals surface area contributed by atoms with Gasteiger partial charge in [-0.05, 0) is 62.4 Å². The summed E-state index contributed by atoms with van der Waals surface area (Å²) in [5, 5.41) is 2.92. The van der Waals surface area contributed by atoms with Gasteiger partial charge in [-0.1, -0.05) is 56.2 Å². The molecule has 0 aliphatic carbocycles. The minimum Gasteiger partial charge on any atom is -0.444 e. The second-order valence-corrected chi connectivity index (χ2v) is 9.56. The van der Waals surface area contributed by atoms with Gasteiger partial charge in [0.1, 0.15) is 17.4 Å². The third kappa shape index (κ3) is 9.79. The molecule has 0 saturated carbocycles. The van der Waals surface area contributed by atoms with Crippen LogP contribution in [-0.2, 0) is 16.0 Å². The molecule has 0 aliphatic rings. The van der Waals surface area contributed by atoms with E-state index in [1.807, 2.05) is 31.2 Å². The van der Waals surface area contributed by atoms with Gasteiger partial charge in [0.15, 0.2) is 0 Å². The Balaban J connectivity index is 1.93. The van der Waals surface area contributed by atoms with Gasteiger partial charge in [-0.15, -0.1) is 13.2 Å². The van der Waals surface area contributed by atoms with Crippen LogP contribution in [0.3, 0.4) is 0 Å². The first-order chi connectivity index (χ1) is 16.8. The minimum atomic E-state index is -4.72. The van der Waals surface area contributed by atoms with Crippen LogP contribution in [0.1, 0.15) is 52.5 Å². The second kappa shape index (κ2) is 12.6. The number of amides is 2. The number of carbonyl (C=O) groups is 2. The van der Waals surface area contributed by atoms with Gasteiger partial charge in [-0.2, -0.15) is 0 Å². The standard InChI is InChI=1S/C27H35F3N2O4/c1-6-7-8-23(32(5)25(34)36-26(2,3)4)24(33)31-18-17-19-9-11-20(12-10-19)21-13-15-22(16-14-21)35-27(28,29)30/h9-16,23H,6-8,17-18H2,1-5H3,(H,31,33). The molecule has 1 unspecified atom stereocenters. The molecule has 0 radical (unpaired) electrons. The van der Waals surface area contributed by atoms with Crippen molar-refractivity contribution in [1.29, 1.82) is 0 Å². The molecule has 198 valence electrons. The average Bonchev–Trinajstić information content (AvgIpc) is 2.78. The van der Waals surface area contributed by atoms with Gasteiger partial charge >= 0.3 is 12.5 Å². The van der Waals surface area contributed by atoms with Gasteiger partial charge in [0, 0.05) is 13.6 Å². The van der Waals surface area contributed by atoms with Gasteiger partial charge in [0.2, 0.25) is 5.91 Å². The molecule has 36 heavy (non-hydrogen) atoms. The van der Waals surface area contributed by atoms with Crippen LogP contribution in [0, 0.1) is 0 Å². The lowest BCUT2D eigenvalue weighted by Crippen LogP contribution is -2.49. The molecule has 0 heterocycles. The van der Waals surface area contributed by atoms with Gasteiger partial charge in [-0.3, -0.25) is 9.69 Å². The van der Waals surface area contributed by atoms with Crippen molar-refractivity contribution in [1.82, 2.24) is 10.2 Å². The molecule has 0 aliphatic heterocycles. The van der Waals surface area contributed by atoms with Crippen LogP contribution in [0.2, 0.25) is 0 Å². The van der Waals surface area contributed by atoms with Gasteiger partial charge in [0.25, 0.3) is 0 Å². The number of hydrogen-bond acceptors (Lipinski definition) is 4. The maximum atomic E-state index is 12.9. The fourth-order valence-corrected chi connectivity index (χ4v) is 3.52. The summed E-state index contributed by atoms with van der Waals surface area (Å²) >= 11 is 0. The van der Waals surface area contributed by atoms with E-state index in [4.69, 9.17) is 4.74 Å². The molecular weight excluding hydrogens is 473 g/mol. The Bertz CT molecular complexity index is 984. The monoisotopic (exact) mass is 508 g/mol. The van der Waals surface area contributed by atoms with E-state index in [0.717, 1.165) is 29.5 Å². The lowest BCUT2D eigenvalue weighted by molar-refractivity contribution is -0.274. The van der Waals surface area contributed by atoms with Gasteiger partial charge in [0.05, 0.1) is 0 Å². The number of nitrogens with one attached hydrogen (secondary N) is 1. The first kappa shape index (κ1) is 29.0. The van der Waals surface area contributed by atoms with Crippen molar-refractivity contribution in [3.05, 3.63) is 54.1 Å². The summed E-state index contributed by atoms with van der Waals surface area (Å²) in [4.78, 5) is 26.7. The molecule has 0 saturated heterocycles. The molecular formula is C27H35F3N2O4. The molecule has 0 spiro atoms. The number of alkyl halides is 3. The number of likely N-dealkylation sites (N-methyl/N-ethyl adjacent to an activating group) is 1. The molecule has 1 atom stereocenters. The Hall–Kier alpha value is -3.23. The van der Waals surface area contributed by atoms with Crippen molar-refractivity contribution in [2.24, 2.45) is 0 Å². The predicted octanol–water partition coefficient (Wildman–Crippen LogP) is 6.34. The lowest BCUT2D eigenvalue weighted by atomic mass is 10.0. The molecule has 6 nitrogen and oxygen atoms in total. The Morgan fingerprint density at radius 1 is 0.972 bits per heavy atom. The molecule has 2 aromatic carbocycles. The summed E-state index contributed by atoms with van der Waals surface area (Å²) < 4.78 is 46.3. The van der Waals surface area contributed by atoms with E-state index in [2.05, 4.69) is 10.1 Å². The van der Waals surface area contributed by atoms with Crippen LogP contribution < -0.4 is 10.1 Å². The van der Waals surface area contributed by atoms with E-state index in [1.165, 1.54) is 17.0 Å². The molecule has 2 amide bonds. The van der Waals surface area contributed by atoms with Crippen molar-refractivity contribution in [2.75, 3.05) is 13.6 Å². The highest BCUT2D eigenvalue weighted by Gasteiger charge is 2.31. The Morgan fingerprint density at radius 3 is 2.03 bits per heavy atom. The molecule has 1 N–H and O–H groups in total. The quantitative estimate of drug-likeness (QED) is 0.407. The molecule has 2 aromatic rings. The largest absolute Gasteiger partial charge is 0.573 e. The Labute approximate surface area is 210 Å².